The molecule has 0 spiro atoms. The molecule has 0 bridgehead atoms. The fraction of sp³-hybridized carbons (Fsp3) is 0.409. The van der Waals surface area contributed by atoms with Crippen LogP contribution in [0, 0.1) is 0 Å². The lowest BCUT2D eigenvalue weighted by molar-refractivity contribution is -0.00546. The molecule has 160 valence electrons. The van der Waals surface area contributed by atoms with E-state index in [0.29, 0.717) is 24.4 Å². The smallest absolute Gasteiger partial charge is 0.338 e. The van der Waals surface area contributed by atoms with E-state index in [-0.39, 0.29) is 24.2 Å². The van der Waals surface area contributed by atoms with Gasteiger partial charge in [0.2, 0.25) is 0 Å². The van der Waals surface area contributed by atoms with Gasteiger partial charge >= 0.3 is 12.0 Å². The largest absolute Gasteiger partial charge is 0.462 e. The molecule has 0 radical (unpaired) electrons. The van der Waals surface area contributed by atoms with E-state index in [2.05, 4.69) is 34.4 Å². The van der Waals surface area contributed by atoms with Gasteiger partial charge in [-0.15, -0.1) is 0 Å². The number of ether oxygens (including phenoxy) is 2. The van der Waals surface area contributed by atoms with Crippen LogP contribution in [-0.4, -0.2) is 48.9 Å². The number of nitrogens with zero attached hydrogens (tertiary/aromatic N) is 2. The summed E-state index contributed by atoms with van der Waals surface area (Å²) in [6.07, 6.45) is 2.12. The second-order valence-electron chi connectivity index (χ2n) is 7.29. The van der Waals surface area contributed by atoms with Crippen LogP contribution in [0.4, 0.5) is 16.3 Å². The Balaban J connectivity index is 1.48. The number of carbonyl (C=O) groups excluding carboxylic acids is 2. The van der Waals surface area contributed by atoms with Crippen LogP contribution in [0.2, 0.25) is 0 Å². The zero-order chi connectivity index (χ0) is 21.5. The lowest BCUT2D eigenvalue weighted by Crippen LogP contribution is -2.45. The average molecular weight is 412 g/mol. The summed E-state index contributed by atoms with van der Waals surface area (Å²) in [7, 11) is 0. The Labute approximate surface area is 176 Å². The van der Waals surface area contributed by atoms with Crippen molar-refractivity contribution in [2.24, 2.45) is 0 Å². The molecule has 0 aliphatic carbocycles. The molecular weight excluding hydrogens is 384 g/mol. The molecule has 1 aromatic carbocycles. The quantitative estimate of drug-likeness (QED) is 0.708. The highest BCUT2D eigenvalue weighted by Gasteiger charge is 2.22. The second kappa shape index (κ2) is 10.1. The fourth-order valence-corrected chi connectivity index (χ4v) is 3.33. The first-order valence-corrected chi connectivity index (χ1v) is 10.1. The van der Waals surface area contributed by atoms with Gasteiger partial charge in [0.1, 0.15) is 5.82 Å². The third-order valence-electron chi connectivity index (χ3n) is 4.66. The molecule has 3 rings (SSSR count). The lowest BCUT2D eigenvalue weighted by Gasteiger charge is -2.36. The molecule has 2 atom stereocenters. The summed E-state index contributed by atoms with van der Waals surface area (Å²) in [5.41, 5.74) is 1.93. The zero-order valence-electron chi connectivity index (χ0n) is 17.6. The molecule has 2 heterocycles. The Morgan fingerprint density at radius 2 is 1.83 bits per heavy atom. The first-order valence-electron chi connectivity index (χ1n) is 10.1. The van der Waals surface area contributed by atoms with Crippen molar-refractivity contribution < 1.29 is 19.1 Å². The van der Waals surface area contributed by atoms with Gasteiger partial charge in [-0.3, -0.25) is 0 Å². The number of hydrogen-bond donors (Lipinski definition) is 2. The number of benzene rings is 1. The average Bonchev–Trinajstić information content (AvgIpc) is 2.72. The van der Waals surface area contributed by atoms with Crippen LogP contribution in [0.3, 0.4) is 0 Å². The van der Waals surface area contributed by atoms with Crippen molar-refractivity contribution in [1.29, 1.82) is 0 Å². The predicted octanol–water partition coefficient (Wildman–Crippen LogP) is 3.19. The van der Waals surface area contributed by atoms with Crippen LogP contribution >= 0.6 is 0 Å². The van der Waals surface area contributed by atoms with Crippen molar-refractivity contribution in [3.8, 4) is 0 Å². The van der Waals surface area contributed by atoms with E-state index < -0.39 is 0 Å². The summed E-state index contributed by atoms with van der Waals surface area (Å²) in [6.45, 7) is 8.18. The van der Waals surface area contributed by atoms with Crippen molar-refractivity contribution in [2.45, 2.75) is 39.5 Å². The summed E-state index contributed by atoms with van der Waals surface area (Å²) in [4.78, 5) is 30.5. The van der Waals surface area contributed by atoms with Gasteiger partial charge in [0.15, 0.2) is 0 Å². The molecule has 1 aliphatic heterocycles. The molecule has 1 saturated heterocycles. The van der Waals surface area contributed by atoms with E-state index in [0.717, 1.165) is 24.5 Å². The standard InChI is InChI=1S/C22H28N4O4/c1-4-29-21(27)18-6-8-19(9-7-18)25-22(28)24-12-17-5-10-20(23-11-17)26-13-15(2)30-16(3)14-26/h5-11,15-16H,4,12-14H2,1-3H3,(H2,24,25,28)/t15-,16-/m0/s1. The molecule has 1 fully saturated rings. The minimum atomic E-state index is -0.384. The Bertz CT molecular complexity index is 844. The van der Waals surface area contributed by atoms with Gasteiger partial charge in [-0.1, -0.05) is 6.07 Å². The number of nitrogens with one attached hydrogen (secondary N) is 2. The summed E-state index contributed by atoms with van der Waals surface area (Å²) in [5.74, 6) is 0.525. The number of hydrogen-bond acceptors (Lipinski definition) is 6. The number of amides is 2. The molecule has 1 aromatic heterocycles. The van der Waals surface area contributed by atoms with Crippen LogP contribution < -0.4 is 15.5 Å². The minimum Gasteiger partial charge on any atom is -0.462 e. The van der Waals surface area contributed by atoms with Gasteiger partial charge < -0.3 is 25.0 Å². The zero-order valence-corrected chi connectivity index (χ0v) is 17.6. The Morgan fingerprint density at radius 3 is 2.43 bits per heavy atom. The van der Waals surface area contributed by atoms with Crippen molar-refractivity contribution in [3.05, 3.63) is 53.7 Å². The molecule has 8 nitrogen and oxygen atoms in total. The molecule has 30 heavy (non-hydrogen) atoms. The summed E-state index contributed by atoms with van der Waals surface area (Å²) in [6, 6.07) is 10.1. The van der Waals surface area contributed by atoms with Gasteiger partial charge in [-0.05, 0) is 56.7 Å². The molecule has 0 saturated carbocycles. The van der Waals surface area contributed by atoms with Gasteiger partial charge in [0, 0.05) is 31.5 Å². The highest BCUT2D eigenvalue weighted by atomic mass is 16.5. The van der Waals surface area contributed by atoms with Gasteiger partial charge in [0.05, 0.1) is 24.4 Å². The normalized spacial score (nSPS) is 18.6. The summed E-state index contributed by atoms with van der Waals surface area (Å²) in [5, 5.41) is 5.54. The molecule has 2 N–H and O–H groups in total. The van der Waals surface area contributed by atoms with Crippen molar-refractivity contribution in [3.63, 3.8) is 0 Å². The number of anilines is 2. The van der Waals surface area contributed by atoms with Crippen molar-refractivity contribution in [2.75, 3.05) is 29.9 Å². The number of carbonyl (C=O) groups is 2. The SMILES string of the molecule is CCOC(=O)c1ccc(NC(=O)NCc2ccc(N3C[C@H](C)O[C@@H](C)C3)nc2)cc1. The third-order valence-corrected chi connectivity index (χ3v) is 4.66. The van der Waals surface area contributed by atoms with Crippen molar-refractivity contribution >= 4 is 23.5 Å². The van der Waals surface area contributed by atoms with Crippen LogP contribution in [0.15, 0.2) is 42.6 Å². The van der Waals surface area contributed by atoms with E-state index in [4.69, 9.17) is 9.47 Å². The second-order valence-corrected chi connectivity index (χ2v) is 7.29. The van der Waals surface area contributed by atoms with Crippen LogP contribution in [0.1, 0.15) is 36.7 Å². The summed E-state index contributed by atoms with van der Waals surface area (Å²) < 4.78 is 10.7. The van der Waals surface area contributed by atoms with E-state index in [9.17, 15) is 9.59 Å². The van der Waals surface area contributed by atoms with Crippen LogP contribution in [-0.2, 0) is 16.0 Å². The maximum absolute atomic E-state index is 12.1. The topological polar surface area (TPSA) is 92.8 Å². The maximum Gasteiger partial charge on any atom is 0.338 e. The van der Waals surface area contributed by atoms with Crippen molar-refractivity contribution in [1.82, 2.24) is 10.3 Å². The third kappa shape index (κ3) is 5.93. The maximum atomic E-state index is 12.1. The minimum absolute atomic E-state index is 0.173. The Morgan fingerprint density at radius 1 is 1.13 bits per heavy atom. The van der Waals surface area contributed by atoms with Gasteiger partial charge in [0.25, 0.3) is 0 Å². The number of morpholine rings is 1. The van der Waals surface area contributed by atoms with E-state index in [1.54, 1.807) is 37.4 Å². The number of aromatic nitrogens is 1. The molecular formula is C22H28N4O4. The van der Waals surface area contributed by atoms with E-state index in [1.807, 2.05) is 12.1 Å². The first-order chi connectivity index (χ1) is 14.4. The molecule has 2 amide bonds. The number of rotatable bonds is 6. The highest BCUT2D eigenvalue weighted by Crippen LogP contribution is 2.18. The van der Waals surface area contributed by atoms with Gasteiger partial charge in [-0.2, -0.15) is 0 Å². The Kier molecular flexibility index (Phi) is 7.24. The van der Waals surface area contributed by atoms with E-state index in [1.165, 1.54) is 0 Å². The number of pyridine rings is 1. The summed E-state index contributed by atoms with van der Waals surface area (Å²) >= 11 is 0. The first kappa shape index (κ1) is 21.6. The van der Waals surface area contributed by atoms with Crippen LogP contribution in [0.5, 0.6) is 0 Å². The fourth-order valence-electron chi connectivity index (χ4n) is 3.33. The Hall–Kier alpha value is -3.13. The lowest BCUT2D eigenvalue weighted by atomic mass is 10.2. The highest BCUT2D eigenvalue weighted by molar-refractivity contribution is 5.92. The molecule has 1 aliphatic rings. The van der Waals surface area contributed by atoms with E-state index >= 15 is 0 Å². The molecule has 8 heteroatoms. The number of urea groups is 1. The van der Waals surface area contributed by atoms with Crippen LogP contribution in [0.25, 0.3) is 0 Å². The molecule has 2 aromatic rings. The number of esters is 1. The monoisotopic (exact) mass is 412 g/mol. The van der Waals surface area contributed by atoms with Gasteiger partial charge in [-0.25, -0.2) is 14.6 Å². The predicted molar refractivity (Wildman–Crippen MR) is 115 cm³/mol. The molecule has 0 unspecified atom stereocenters.